The summed E-state index contributed by atoms with van der Waals surface area (Å²) in [5.41, 5.74) is 0.192. The van der Waals surface area contributed by atoms with E-state index >= 15 is 0 Å². The third kappa shape index (κ3) is 6.28. The second kappa shape index (κ2) is 12.5. The van der Waals surface area contributed by atoms with Crippen molar-refractivity contribution in [2.24, 2.45) is 17.3 Å². The van der Waals surface area contributed by atoms with Gasteiger partial charge in [-0.2, -0.15) is 0 Å². The summed E-state index contributed by atoms with van der Waals surface area (Å²) in [5, 5.41) is 0. The van der Waals surface area contributed by atoms with E-state index in [-0.39, 0.29) is 5.41 Å². The Hall–Kier alpha value is -0.0800. The molecule has 0 N–H and O–H groups in total. The van der Waals surface area contributed by atoms with Crippen LogP contribution in [-0.2, 0) is 9.47 Å². The average molecular weight is 301 g/mol. The normalized spacial score (nSPS) is 15.1. The fourth-order valence-electron chi connectivity index (χ4n) is 4.08. The van der Waals surface area contributed by atoms with Crippen LogP contribution in [0, 0.1) is 17.3 Å². The van der Waals surface area contributed by atoms with E-state index in [1.165, 1.54) is 51.4 Å². The lowest BCUT2D eigenvalue weighted by atomic mass is 9.62. The monoisotopic (exact) mass is 300 g/mol. The minimum Gasteiger partial charge on any atom is -0.384 e. The second-order valence-electron chi connectivity index (χ2n) is 6.59. The molecule has 2 atom stereocenters. The van der Waals surface area contributed by atoms with Gasteiger partial charge in [0, 0.05) is 19.6 Å². The first-order valence-corrected chi connectivity index (χ1v) is 9.14. The van der Waals surface area contributed by atoms with Crippen molar-refractivity contribution in [3.8, 4) is 0 Å². The minimum atomic E-state index is 0.192. The molecule has 0 aromatic heterocycles. The number of rotatable bonds is 14. The first kappa shape index (κ1) is 20.9. The Morgan fingerprint density at radius 3 is 1.33 bits per heavy atom. The maximum atomic E-state index is 5.71. The van der Waals surface area contributed by atoms with Crippen molar-refractivity contribution < 1.29 is 9.47 Å². The molecule has 2 nitrogen and oxygen atoms in total. The number of methoxy groups -OCH3 is 2. The molecule has 0 aromatic carbocycles. The van der Waals surface area contributed by atoms with E-state index in [9.17, 15) is 0 Å². The molecule has 0 bridgehead atoms. The van der Waals surface area contributed by atoms with Gasteiger partial charge >= 0.3 is 0 Å². The molecule has 2 heteroatoms. The van der Waals surface area contributed by atoms with E-state index < -0.39 is 0 Å². The van der Waals surface area contributed by atoms with Crippen LogP contribution in [0.15, 0.2) is 0 Å². The molecule has 21 heavy (non-hydrogen) atoms. The van der Waals surface area contributed by atoms with Gasteiger partial charge < -0.3 is 9.47 Å². The summed E-state index contributed by atoms with van der Waals surface area (Å²) in [7, 11) is 3.70. The Morgan fingerprint density at radius 1 is 0.714 bits per heavy atom. The Labute approximate surface area is 134 Å². The Bertz CT molecular complexity index is 204. The van der Waals surface area contributed by atoms with Gasteiger partial charge in [-0.1, -0.05) is 66.2 Å². The van der Waals surface area contributed by atoms with Crippen LogP contribution in [-0.4, -0.2) is 27.4 Å². The van der Waals surface area contributed by atoms with Crippen LogP contribution in [0.1, 0.15) is 79.1 Å². The second-order valence-corrected chi connectivity index (χ2v) is 6.59. The summed E-state index contributed by atoms with van der Waals surface area (Å²) in [6, 6.07) is 0. The lowest BCUT2D eigenvalue weighted by molar-refractivity contribution is -0.0784. The van der Waals surface area contributed by atoms with Crippen molar-refractivity contribution in [2.45, 2.75) is 79.1 Å². The zero-order valence-electron chi connectivity index (χ0n) is 15.5. The van der Waals surface area contributed by atoms with Gasteiger partial charge in [0.05, 0.1) is 13.2 Å². The minimum absolute atomic E-state index is 0.192. The van der Waals surface area contributed by atoms with Gasteiger partial charge in [-0.25, -0.2) is 0 Å². The molecule has 0 amide bonds. The predicted octanol–water partition coefficient (Wildman–Crippen LogP) is 5.70. The van der Waals surface area contributed by atoms with Crippen LogP contribution in [0.3, 0.4) is 0 Å². The molecule has 0 radical (unpaired) electrons. The molecule has 0 aliphatic carbocycles. The van der Waals surface area contributed by atoms with Crippen molar-refractivity contribution in [1.82, 2.24) is 0 Å². The van der Waals surface area contributed by atoms with Crippen LogP contribution in [0.4, 0.5) is 0 Å². The summed E-state index contributed by atoms with van der Waals surface area (Å²) in [6.45, 7) is 10.9. The van der Waals surface area contributed by atoms with Gasteiger partial charge in [0.2, 0.25) is 0 Å². The molecule has 0 saturated heterocycles. The van der Waals surface area contributed by atoms with Gasteiger partial charge in [0.15, 0.2) is 0 Å². The van der Waals surface area contributed by atoms with Crippen LogP contribution in [0.5, 0.6) is 0 Å². The standard InChI is InChI=1S/C19H40O2/c1-7-11-13-17(9-3)19(15-20-5,16-21-6)18(10-4)14-12-8-2/h17-18H,7-16H2,1-6H3. The van der Waals surface area contributed by atoms with Gasteiger partial charge in [-0.15, -0.1) is 0 Å². The fourth-order valence-corrected chi connectivity index (χ4v) is 4.08. The SMILES string of the molecule is CCCCC(CC)C(COC)(COC)C(CC)CCCC. The van der Waals surface area contributed by atoms with Gasteiger partial charge in [-0.3, -0.25) is 0 Å². The quantitative estimate of drug-likeness (QED) is 0.410. The van der Waals surface area contributed by atoms with Crippen LogP contribution < -0.4 is 0 Å². The van der Waals surface area contributed by atoms with Crippen LogP contribution >= 0.6 is 0 Å². The van der Waals surface area contributed by atoms with Gasteiger partial charge in [0.1, 0.15) is 0 Å². The first-order valence-electron chi connectivity index (χ1n) is 9.14. The molecule has 128 valence electrons. The van der Waals surface area contributed by atoms with E-state index in [1.807, 2.05) is 14.2 Å². The molecule has 0 aliphatic rings. The molecular formula is C19H40O2. The predicted molar refractivity (Wildman–Crippen MR) is 92.8 cm³/mol. The van der Waals surface area contributed by atoms with Gasteiger partial charge in [0.25, 0.3) is 0 Å². The van der Waals surface area contributed by atoms with Gasteiger partial charge in [-0.05, 0) is 24.7 Å². The Balaban J connectivity index is 5.32. The molecule has 0 rings (SSSR count). The summed E-state index contributed by atoms with van der Waals surface area (Å²) in [5.74, 6) is 1.42. The molecule has 0 heterocycles. The smallest absolute Gasteiger partial charge is 0.0546 e. The zero-order chi connectivity index (χ0) is 16.1. The largest absolute Gasteiger partial charge is 0.384 e. The summed E-state index contributed by atoms with van der Waals surface area (Å²) in [4.78, 5) is 0. The number of hydrogen-bond donors (Lipinski definition) is 0. The Kier molecular flexibility index (Phi) is 12.4. The molecule has 0 aromatic rings. The fraction of sp³-hybridized carbons (Fsp3) is 1.00. The Morgan fingerprint density at radius 2 is 1.10 bits per heavy atom. The highest BCUT2D eigenvalue weighted by Gasteiger charge is 2.43. The number of unbranched alkanes of at least 4 members (excludes halogenated alkanes) is 2. The van der Waals surface area contributed by atoms with E-state index in [1.54, 1.807) is 0 Å². The molecule has 0 saturated carbocycles. The third-order valence-electron chi connectivity index (χ3n) is 5.25. The van der Waals surface area contributed by atoms with E-state index in [0.29, 0.717) is 11.8 Å². The maximum Gasteiger partial charge on any atom is 0.0546 e. The van der Waals surface area contributed by atoms with Crippen molar-refractivity contribution in [1.29, 1.82) is 0 Å². The zero-order valence-corrected chi connectivity index (χ0v) is 15.5. The highest BCUT2D eigenvalue weighted by atomic mass is 16.5. The number of ether oxygens (including phenoxy) is 2. The number of hydrogen-bond acceptors (Lipinski definition) is 2. The summed E-state index contributed by atoms with van der Waals surface area (Å²) in [6.07, 6.45) is 10.3. The van der Waals surface area contributed by atoms with Crippen molar-refractivity contribution >= 4 is 0 Å². The lowest BCUT2D eigenvalue weighted by Gasteiger charge is -2.46. The molecule has 2 unspecified atom stereocenters. The van der Waals surface area contributed by atoms with Crippen LogP contribution in [0.2, 0.25) is 0 Å². The highest BCUT2D eigenvalue weighted by Crippen LogP contribution is 2.45. The summed E-state index contributed by atoms with van der Waals surface area (Å²) >= 11 is 0. The average Bonchev–Trinajstić information content (AvgIpc) is 2.49. The van der Waals surface area contributed by atoms with E-state index in [0.717, 1.165) is 13.2 Å². The van der Waals surface area contributed by atoms with Crippen molar-refractivity contribution in [2.75, 3.05) is 27.4 Å². The van der Waals surface area contributed by atoms with Crippen molar-refractivity contribution in [3.63, 3.8) is 0 Å². The molecule has 0 spiro atoms. The first-order chi connectivity index (χ1) is 10.2. The summed E-state index contributed by atoms with van der Waals surface area (Å²) < 4.78 is 11.4. The van der Waals surface area contributed by atoms with E-state index in [4.69, 9.17) is 9.47 Å². The maximum absolute atomic E-state index is 5.71. The topological polar surface area (TPSA) is 18.5 Å². The van der Waals surface area contributed by atoms with E-state index in [2.05, 4.69) is 27.7 Å². The molecular weight excluding hydrogens is 260 g/mol. The molecule has 0 aliphatic heterocycles. The lowest BCUT2D eigenvalue weighted by Crippen LogP contribution is -2.45. The van der Waals surface area contributed by atoms with Crippen molar-refractivity contribution in [3.05, 3.63) is 0 Å². The molecule has 0 fully saturated rings. The van der Waals surface area contributed by atoms with Crippen LogP contribution in [0.25, 0.3) is 0 Å². The third-order valence-corrected chi connectivity index (χ3v) is 5.25. The highest BCUT2D eigenvalue weighted by molar-refractivity contribution is 4.91.